The summed E-state index contributed by atoms with van der Waals surface area (Å²) in [5.41, 5.74) is 3.74. The van der Waals surface area contributed by atoms with Gasteiger partial charge in [0, 0.05) is 12.1 Å². The van der Waals surface area contributed by atoms with E-state index in [1.54, 1.807) is 47.0 Å². The van der Waals surface area contributed by atoms with Crippen LogP contribution in [0.2, 0.25) is 0 Å². The normalized spacial score (nSPS) is 16.0. The van der Waals surface area contributed by atoms with Crippen LogP contribution in [0, 0.1) is 12.7 Å². The first-order valence-corrected chi connectivity index (χ1v) is 15.5. The molecule has 0 radical (unpaired) electrons. The number of halogens is 1. The molecule has 40 heavy (non-hydrogen) atoms. The van der Waals surface area contributed by atoms with Crippen molar-refractivity contribution in [1.82, 2.24) is 9.29 Å². The average molecular weight is 592 g/mol. The van der Waals surface area contributed by atoms with Crippen LogP contribution in [-0.2, 0) is 26.2 Å². The van der Waals surface area contributed by atoms with E-state index in [4.69, 9.17) is 0 Å². The zero-order valence-corrected chi connectivity index (χ0v) is 23.6. The predicted molar refractivity (Wildman–Crippen MR) is 154 cm³/mol. The average Bonchev–Trinajstić information content (AvgIpc) is 3.68. The molecule has 3 aromatic carbocycles. The summed E-state index contributed by atoms with van der Waals surface area (Å²) in [5, 5.41) is 2.45. The molecule has 7 nitrogen and oxygen atoms in total. The number of sulfonamides is 1. The summed E-state index contributed by atoms with van der Waals surface area (Å²) in [7, 11) is -4.12. The molecular formula is C29H22FN3O4S3. The fraction of sp³-hybridized carbons (Fsp3) is 0.138. The van der Waals surface area contributed by atoms with Gasteiger partial charge in [-0.1, -0.05) is 24.3 Å². The van der Waals surface area contributed by atoms with E-state index in [2.05, 4.69) is 11.1 Å². The molecule has 2 aromatic heterocycles. The minimum atomic E-state index is -4.12. The van der Waals surface area contributed by atoms with Crippen LogP contribution in [-0.4, -0.2) is 35.6 Å². The number of fused-ring (bicyclic) bond motifs is 1. The molecule has 1 fully saturated rings. The number of imide groups is 1. The lowest BCUT2D eigenvalue weighted by Crippen LogP contribution is -2.44. The number of thiophene rings is 1. The molecule has 1 atom stereocenters. The number of aromatic nitrogens is 1. The molecule has 5 aromatic rings. The van der Waals surface area contributed by atoms with Gasteiger partial charge in [-0.05, 0) is 78.0 Å². The third-order valence-electron chi connectivity index (χ3n) is 6.70. The SMILES string of the molecule is Cc1ccc2nc(-c3ccc(N4C(=O)CC(N(Cc5ccc(F)cc5)S(=O)(=O)c5cccs5)C4=O)cc3)sc2c1. The number of rotatable bonds is 7. The Hall–Kier alpha value is -3.77. The smallest absolute Gasteiger partial charge is 0.253 e. The van der Waals surface area contributed by atoms with Gasteiger partial charge < -0.3 is 0 Å². The molecule has 0 aliphatic carbocycles. The standard InChI is InChI=1S/C29H22FN3O4S3/c1-18-4-13-23-25(15-18)39-28(31-23)20-7-11-22(12-8-20)33-26(34)16-24(29(33)35)32(17-19-5-9-21(30)10-6-19)40(36,37)27-3-2-14-38-27/h2-15,24H,16-17H2,1H3. The Kier molecular flexibility index (Phi) is 6.83. The van der Waals surface area contributed by atoms with Crippen LogP contribution in [0.25, 0.3) is 20.8 Å². The summed E-state index contributed by atoms with van der Waals surface area (Å²) in [6.07, 6.45) is -0.302. The number of amides is 2. The lowest BCUT2D eigenvalue weighted by molar-refractivity contribution is -0.122. The summed E-state index contributed by atoms with van der Waals surface area (Å²) >= 11 is 2.58. The van der Waals surface area contributed by atoms with Gasteiger partial charge in [0.25, 0.3) is 15.9 Å². The number of carbonyl (C=O) groups excluding carboxylic acids is 2. The van der Waals surface area contributed by atoms with Gasteiger partial charge in [0.2, 0.25) is 5.91 Å². The Morgan fingerprint density at radius 1 is 1.02 bits per heavy atom. The van der Waals surface area contributed by atoms with Crippen LogP contribution >= 0.6 is 22.7 Å². The monoisotopic (exact) mass is 591 g/mol. The highest BCUT2D eigenvalue weighted by molar-refractivity contribution is 7.91. The maximum atomic E-state index is 13.7. The molecule has 0 saturated carbocycles. The van der Waals surface area contributed by atoms with E-state index in [0.717, 1.165) is 46.9 Å². The lowest BCUT2D eigenvalue weighted by Gasteiger charge is -2.26. The van der Waals surface area contributed by atoms with Gasteiger partial charge in [0.05, 0.1) is 22.3 Å². The van der Waals surface area contributed by atoms with E-state index >= 15 is 0 Å². The maximum Gasteiger partial charge on any atom is 0.253 e. The minimum Gasteiger partial charge on any atom is -0.274 e. The van der Waals surface area contributed by atoms with E-state index in [1.165, 1.54) is 30.3 Å². The molecule has 1 unspecified atom stereocenters. The zero-order chi connectivity index (χ0) is 28.0. The summed E-state index contributed by atoms with van der Waals surface area (Å²) in [6, 6.07) is 20.2. The van der Waals surface area contributed by atoms with Crippen molar-refractivity contribution in [2.45, 2.75) is 30.1 Å². The van der Waals surface area contributed by atoms with E-state index < -0.39 is 33.7 Å². The largest absolute Gasteiger partial charge is 0.274 e. The van der Waals surface area contributed by atoms with Crippen LogP contribution in [0.1, 0.15) is 17.5 Å². The fourth-order valence-corrected chi connectivity index (χ4v) is 8.44. The summed E-state index contributed by atoms with van der Waals surface area (Å²) < 4.78 is 42.9. The van der Waals surface area contributed by atoms with Crippen LogP contribution in [0.5, 0.6) is 0 Å². The number of carbonyl (C=O) groups is 2. The topological polar surface area (TPSA) is 87.7 Å². The second kappa shape index (κ2) is 10.3. The van der Waals surface area contributed by atoms with Crippen molar-refractivity contribution in [1.29, 1.82) is 0 Å². The lowest BCUT2D eigenvalue weighted by atomic mass is 10.2. The number of aryl methyl sites for hydroxylation is 1. The van der Waals surface area contributed by atoms with Crippen LogP contribution in [0.15, 0.2) is 88.5 Å². The molecular weight excluding hydrogens is 570 g/mol. The first-order valence-electron chi connectivity index (χ1n) is 12.3. The number of nitrogens with zero attached hydrogens (tertiary/aromatic N) is 3. The first kappa shape index (κ1) is 26.5. The number of hydrogen-bond donors (Lipinski definition) is 0. The molecule has 3 heterocycles. The molecule has 1 aliphatic rings. The number of hydrogen-bond acceptors (Lipinski definition) is 7. The highest BCUT2D eigenvalue weighted by Gasteiger charge is 2.47. The number of anilines is 1. The van der Waals surface area contributed by atoms with Gasteiger partial charge in [-0.2, -0.15) is 4.31 Å². The third-order valence-corrected chi connectivity index (χ3v) is 11.0. The van der Waals surface area contributed by atoms with Crippen molar-refractivity contribution < 1.29 is 22.4 Å². The van der Waals surface area contributed by atoms with Crippen molar-refractivity contribution in [2.24, 2.45) is 0 Å². The van der Waals surface area contributed by atoms with Crippen molar-refractivity contribution in [2.75, 3.05) is 4.90 Å². The van der Waals surface area contributed by atoms with Crippen LogP contribution in [0.3, 0.4) is 0 Å². The van der Waals surface area contributed by atoms with Crippen molar-refractivity contribution in [3.05, 3.63) is 101 Å². The Morgan fingerprint density at radius 3 is 2.48 bits per heavy atom. The maximum absolute atomic E-state index is 13.7. The Labute approximate surface area is 238 Å². The Morgan fingerprint density at radius 2 is 1.77 bits per heavy atom. The third kappa shape index (κ3) is 4.86. The van der Waals surface area contributed by atoms with Crippen LogP contribution < -0.4 is 4.90 Å². The summed E-state index contributed by atoms with van der Waals surface area (Å²) in [6.45, 7) is 1.84. The molecule has 0 bridgehead atoms. The molecule has 202 valence electrons. The number of thiazole rings is 1. The van der Waals surface area contributed by atoms with E-state index in [1.807, 2.05) is 19.1 Å². The van der Waals surface area contributed by atoms with Crippen LogP contribution in [0.4, 0.5) is 10.1 Å². The van der Waals surface area contributed by atoms with Crippen molar-refractivity contribution >= 4 is 60.4 Å². The highest BCUT2D eigenvalue weighted by atomic mass is 32.2. The van der Waals surface area contributed by atoms with Gasteiger partial charge in [-0.3, -0.25) is 9.59 Å². The minimum absolute atomic E-state index is 0.0590. The molecule has 0 N–H and O–H groups in total. The molecule has 6 rings (SSSR count). The summed E-state index contributed by atoms with van der Waals surface area (Å²) in [5.74, 6) is -1.58. The molecule has 1 saturated heterocycles. The Bertz CT molecular complexity index is 1830. The van der Waals surface area contributed by atoms with Gasteiger partial charge in [0.1, 0.15) is 21.1 Å². The van der Waals surface area contributed by atoms with E-state index in [0.29, 0.717) is 11.3 Å². The quantitative estimate of drug-likeness (QED) is 0.217. The highest BCUT2D eigenvalue weighted by Crippen LogP contribution is 2.35. The van der Waals surface area contributed by atoms with E-state index in [-0.39, 0.29) is 17.2 Å². The van der Waals surface area contributed by atoms with Gasteiger partial charge in [0.15, 0.2) is 0 Å². The molecule has 0 spiro atoms. The summed E-state index contributed by atoms with van der Waals surface area (Å²) in [4.78, 5) is 32.5. The first-order chi connectivity index (χ1) is 19.2. The zero-order valence-electron chi connectivity index (χ0n) is 21.2. The predicted octanol–water partition coefficient (Wildman–Crippen LogP) is 6.00. The van der Waals surface area contributed by atoms with Gasteiger partial charge in [-0.25, -0.2) is 22.7 Å². The van der Waals surface area contributed by atoms with Crippen molar-refractivity contribution in [3.63, 3.8) is 0 Å². The van der Waals surface area contributed by atoms with E-state index in [9.17, 15) is 22.4 Å². The second-order valence-corrected chi connectivity index (χ2v) is 13.5. The molecule has 11 heteroatoms. The fourth-order valence-electron chi connectivity index (χ4n) is 4.68. The van der Waals surface area contributed by atoms with Gasteiger partial charge in [-0.15, -0.1) is 22.7 Å². The van der Waals surface area contributed by atoms with Gasteiger partial charge >= 0.3 is 0 Å². The number of benzene rings is 3. The van der Waals surface area contributed by atoms with Crippen molar-refractivity contribution in [3.8, 4) is 10.6 Å². The second-order valence-electron chi connectivity index (χ2n) is 9.43. The molecule has 1 aliphatic heterocycles. The molecule has 2 amide bonds. The Balaban J connectivity index is 1.30.